The summed E-state index contributed by atoms with van der Waals surface area (Å²) >= 11 is 0. The molecular formula is C18H19N3O. The van der Waals surface area contributed by atoms with E-state index in [9.17, 15) is 4.79 Å². The second-order valence-electron chi connectivity index (χ2n) is 5.68. The summed E-state index contributed by atoms with van der Waals surface area (Å²) in [6.45, 7) is 4.62. The second kappa shape index (κ2) is 6.02. The lowest BCUT2D eigenvalue weighted by Gasteiger charge is -2.11. The number of pyridine rings is 1. The van der Waals surface area contributed by atoms with Gasteiger partial charge in [0.2, 0.25) is 0 Å². The highest BCUT2D eigenvalue weighted by Gasteiger charge is 2.14. The molecule has 1 amide bonds. The molecule has 2 N–H and O–H groups in total. The highest BCUT2D eigenvalue weighted by Crippen LogP contribution is 2.18. The van der Waals surface area contributed by atoms with Crippen molar-refractivity contribution >= 4 is 16.8 Å². The second-order valence-corrected chi connectivity index (χ2v) is 5.68. The van der Waals surface area contributed by atoms with E-state index in [1.807, 2.05) is 36.5 Å². The van der Waals surface area contributed by atoms with E-state index in [1.54, 1.807) is 6.20 Å². The summed E-state index contributed by atoms with van der Waals surface area (Å²) in [5.41, 5.74) is 3.66. The van der Waals surface area contributed by atoms with Gasteiger partial charge in [0, 0.05) is 24.5 Å². The molecule has 0 aliphatic heterocycles. The summed E-state index contributed by atoms with van der Waals surface area (Å²) in [6.07, 6.45) is 3.57. The number of benzene rings is 1. The van der Waals surface area contributed by atoms with Crippen LogP contribution in [0.15, 0.2) is 48.8 Å². The third kappa shape index (κ3) is 2.86. The molecule has 0 atom stereocenters. The number of rotatable bonds is 4. The van der Waals surface area contributed by atoms with E-state index in [0.29, 0.717) is 12.2 Å². The minimum Gasteiger partial charge on any atom is -0.361 e. The first-order valence-corrected chi connectivity index (χ1v) is 7.44. The van der Waals surface area contributed by atoms with Crippen LogP contribution in [0.25, 0.3) is 10.9 Å². The number of aromatic amines is 1. The Morgan fingerprint density at radius 1 is 1.27 bits per heavy atom. The Hall–Kier alpha value is -2.62. The average Bonchev–Trinajstić information content (AvgIpc) is 3.00. The summed E-state index contributed by atoms with van der Waals surface area (Å²) in [5, 5.41) is 4.10. The van der Waals surface area contributed by atoms with Crippen LogP contribution in [-0.2, 0) is 6.54 Å². The fourth-order valence-corrected chi connectivity index (χ4v) is 2.55. The molecule has 112 valence electrons. The molecule has 0 radical (unpaired) electrons. The zero-order valence-electron chi connectivity index (χ0n) is 12.8. The minimum atomic E-state index is -0.126. The first-order chi connectivity index (χ1) is 10.6. The van der Waals surface area contributed by atoms with Crippen molar-refractivity contribution in [3.05, 3.63) is 65.6 Å². The number of hydrogen-bond donors (Lipinski definition) is 2. The lowest BCUT2D eigenvalue weighted by molar-refractivity contribution is 0.0944. The van der Waals surface area contributed by atoms with E-state index in [0.717, 1.165) is 22.0 Å². The summed E-state index contributed by atoms with van der Waals surface area (Å²) in [4.78, 5) is 19.8. The molecule has 0 aliphatic rings. The molecule has 0 spiro atoms. The van der Waals surface area contributed by atoms with Gasteiger partial charge in [0.15, 0.2) is 0 Å². The standard InChI is InChI=1S/C18H19N3O/c1-12(2)15-4-3-8-20-17(15)18(22)21-11-13-5-6-16-14(10-13)7-9-19-16/h3-10,12,19H,11H2,1-2H3,(H,21,22). The maximum atomic E-state index is 12.4. The minimum absolute atomic E-state index is 0.126. The molecule has 4 heteroatoms. The van der Waals surface area contributed by atoms with E-state index in [4.69, 9.17) is 0 Å². The number of fused-ring (bicyclic) bond motifs is 1. The smallest absolute Gasteiger partial charge is 0.270 e. The lowest BCUT2D eigenvalue weighted by atomic mass is 10.0. The van der Waals surface area contributed by atoms with Crippen molar-refractivity contribution < 1.29 is 4.79 Å². The SMILES string of the molecule is CC(C)c1cccnc1C(=O)NCc1ccc2[nH]ccc2c1. The normalized spacial score (nSPS) is 11.0. The molecule has 0 unspecified atom stereocenters. The van der Waals surface area contributed by atoms with Crippen molar-refractivity contribution in [3.63, 3.8) is 0 Å². The monoisotopic (exact) mass is 293 g/mol. The van der Waals surface area contributed by atoms with E-state index in [2.05, 4.69) is 35.2 Å². The van der Waals surface area contributed by atoms with Gasteiger partial charge in [-0.25, -0.2) is 0 Å². The summed E-state index contributed by atoms with van der Waals surface area (Å²) < 4.78 is 0. The van der Waals surface area contributed by atoms with Crippen molar-refractivity contribution in [1.29, 1.82) is 0 Å². The van der Waals surface area contributed by atoms with E-state index < -0.39 is 0 Å². The number of amides is 1. The third-order valence-corrected chi connectivity index (χ3v) is 3.75. The Morgan fingerprint density at radius 2 is 2.14 bits per heavy atom. The Kier molecular flexibility index (Phi) is 3.92. The maximum Gasteiger partial charge on any atom is 0.270 e. The van der Waals surface area contributed by atoms with Crippen LogP contribution in [0.1, 0.15) is 41.4 Å². The number of H-pyrrole nitrogens is 1. The van der Waals surface area contributed by atoms with Crippen LogP contribution in [0.2, 0.25) is 0 Å². The molecular weight excluding hydrogens is 274 g/mol. The van der Waals surface area contributed by atoms with Crippen molar-refractivity contribution in [2.24, 2.45) is 0 Å². The molecule has 3 rings (SSSR count). The van der Waals surface area contributed by atoms with Crippen LogP contribution in [0.3, 0.4) is 0 Å². The molecule has 1 aromatic carbocycles. The van der Waals surface area contributed by atoms with Gasteiger partial charge >= 0.3 is 0 Å². The molecule has 2 aromatic heterocycles. The van der Waals surface area contributed by atoms with E-state index in [-0.39, 0.29) is 11.8 Å². The number of carbonyl (C=O) groups is 1. The summed E-state index contributed by atoms with van der Waals surface area (Å²) in [6, 6.07) is 12.0. The predicted octanol–water partition coefficient (Wildman–Crippen LogP) is 3.62. The number of nitrogens with zero attached hydrogens (tertiary/aromatic N) is 1. The van der Waals surface area contributed by atoms with Crippen LogP contribution in [0, 0.1) is 0 Å². The molecule has 0 fully saturated rings. The van der Waals surface area contributed by atoms with Crippen LogP contribution < -0.4 is 5.32 Å². The van der Waals surface area contributed by atoms with Crippen molar-refractivity contribution in [2.45, 2.75) is 26.3 Å². The Balaban J connectivity index is 1.74. The number of nitrogens with one attached hydrogen (secondary N) is 2. The van der Waals surface area contributed by atoms with Crippen molar-refractivity contribution in [2.75, 3.05) is 0 Å². The Labute approximate surface area is 129 Å². The Morgan fingerprint density at radius 3 is 2.95 bits per heavy atom. The van der Waals surface area contributed by atoms with Gasteiger partial charge in [-0.1, -0.05) is 26.0 Å². The first kappa shape index (κ1) is 14.3. The van der Waals surface area contributed by atoms with Gasteiger partial charge in [-0.2, -0.15) is 0 Å². The summed E-state index contributed by atoms with van der Waals surface area (Å²) in [7, 11) is 0. The third-order valence-electron chi connectivity index (χ3n) is 3.75. The van der Waals surface area contributed by atoms with Gasteiger partial charge in [-0.3, -0.25) is 9.78 Å². The highest BCUT2D eigenvalue weighted by molar-refractivity contribution is 5.93. The van der Waals surface area contributed by atoms with E-state index in [1.165, 1.54) is 0 Å². The maximum absolute atomic E-state index is 12.4. The van der Waals surface area contributed by atoms with Crippen molar-refractivity contribution in [3.8, 4) is 0 Å². The molecule has 0 saturated carbocycles. The topological polar surface area (TPSA) is 57.8 Å². The van der Waals surface area contributed by atoms with Gasteiger partial charge in [0.1, 0.15) is 5.69 Å². The van der Waals surface area contributed by atoms with Gasteiger partial charge in [0.05, 0.1) is 0 Å². The molecule has 22 heavy (non-hydrogen) atoms. The van der Waals surface area contributed by atoms with Crippen LogP contribution in [0.4, 0.5) is 0 Å². The molecule has 3 aromatic rings. The molecule has 0 saturated heterocycles. The number of aromatic nitrogens is 2. The fourth-order valence-electron chi connectivity index (χ4n) is 2.55. The van der Waals surface area contributed by atoms with Gasteiger partial charge in [-0.15, -0.1) is 0 Å². The van der Waals surface area contributed by atoms with Gasteiger partial charge in [0.25, 0.3) is 5.91 Å². The molecule has 0 bridgehead atoms. The summed E-state index contributed by atoms with van der Waals surface area (Å²) in [5.74, 6) is 0.143. The largest absolute Gasteiger partial charge is 0.361 e. The van der Waals surface area contributed by atoms with Crippen LogP contribution >= 0.6 is 0 Å². The predicted molar refractivity (Wildman–Crippen MR) is 87.8 cm³/mol. The van der Waals surface area contributed by atoms with Crippen molar-refractivity contribution in [1.82, 2.24) is 15.3 Å². The zero-order chi connectivity index (χ0) is 15.5. The van der Waals surface area contributed by atoms with Gasteiger partial charge < -0.3 is 10.3 Å². The molecule has 2 heterocycles. The van der Waals surface area contributed by atoms with Gasteiger partial charge in [-0.05, 0) is 46.7 Å². The highest BCUT2D eigenvalue weighted by atomic mass is 16.1. The fraction of sp³-hybridized carbons (Fsp3) is 0.222. The molecule has 4 nitrogen and oxygen atoms in total. The first-order valence-electron chi connectivity index (χ1n) is 7.44. The number of hydrogen-bond acceptors (Lipinski definition) is 2. The van der Waals surface area contributed by atoms with E-state index >= 15 is 0 Å². The lowest BCUT2D eigenvalue weighted by Crippen LogP contribution is -2.25. The quantitative estimate of drug-likeness (QED) is 0.772. The average molecular weight is 293 g/mol. The van der Waals surface area contributed by atoms with Crippen LogP contribution in [-0.4, -0.2) is 15.9 Å². The number of carbonyl (C=O) groups excluding carboxylic acids is 1. The molecule has 0 aliphatic carbocycles. The zero-order valence-corrected chi connectivity index (χ0v) is 12.8. The Bertz CT molecular complexity index is 805. The van der Waals surface area contributed by atoms with Crippen LogP contribution in [0.5, 0.6) is 0 Å².